The molecule has 0 unspecified atom stereocenters. The number of aliphatic imine (C=N–C) groups is 1. The van der Waals surface area contributed by atoms with Gasteiger partial charge in [-0.1, -0.05) is 89.6 Å². The van der Waals surface area contributed by atoms with Gasteiger partial charge in [-0.3, -0.25) is 19.3 Å². The van der Waals surface area contributed by atoms with E-state index in [0.717, 1.165) is 17.4 Å². The van der Waals surface area contributed by atoms with Gasteiger partial charge in [0.1, 0.15) is 29.6 Å². The van der Waals surface area contributed by atoms with Crippen LogP contribution in [0.2, 0.25) is 0 Å². The Balaban J connectivity index is 0.000000479. The van der Waals surface area contributed by atoms with Gasteiger partial charge in [0.05, 0.1) is 17.8 Å². The van der Waals surface area contributed by atoms with Crippen molar-refractivity contribution in [1.82, 2.24) is 9.97 Å². The number of primary amides is 1. The van der Waals surface area contributed by atoms with Gasteiger partial charge in [-0.25, -0.2) is 14.8 Å². The monoisotopic (exact) mass is 861 g/mol. The minimum Gasteiger partial charge on any atom is -0.398 e. The summed E-state index contributed by atoms with van der Waals surface area (Å²) in [6.45, 7) is 10.1. The molecular formula is C41H31N15O8. The molecule has 2 amide bonds. The van der Waals surface area contributed by atoms with Gasteiger partial charge in [0, 0.05) is 37.9 Å². The van der Waals surface area contributed by atoms with E-state index < -0.39 is 5.91 Å². The summed E-state index contributed by atoms with van der Waals surface area (Å²) in [5.74, 6) is -0.587. The minimum atomic E-state index is -0.727. The zero-order valence-electron chi connectivity index (χ0n) is 33.4. The fourth-order valence-corrected chi connectivity index (χ4v) is 4.80. The number of isocyanates is 1. The number of nitriles is 1. The van der Waals surface area contributed by atoms with E-state index >= 15 is 0 Å². The fourth-order valence-electron chi connectivity index (χ4n) is 4.80. The van der Waals surface area contributed by atoms with Gasteiger partial charge >= 0.3 is 12.3 Å². The van der Waals surface area contributed by atoms with E-state index in [1.165, 1.54) is 17.0 Å². The van der Waals surface area contributed by atoms with Crippen molar-refractivity contribution in [2.45, 2.75) is 20.3 Å². The molecule has 0 fully saturated rings. The summed E-state index contributed by atoms with van der Waals surface area (Å²) in [5.41, 5.74) is 37.6. The summed E-state index contributed by atoms with van der Waals surface area (Å²) in [6.07, 6.45) is 2.72. The van der Waals surface area contributed by atoms with Crippen LogP contribution in [0.15, 0.2) is 124 Å². The maximum Gasteiger partial charge on any atom is 0.373 e. The molecule has 0 bridgehead atoms. The summed E-state index contributed by atoms with van der Waals surface area (Å²) < 4.78 is 0. The third-order valence-corrected chi connectivity index (χ3v) is 7.44. The summed E-state index contributed by atoms with van der Waals surface area (Å²) in [5, 5.41) is 14.9. The van der Waals surface area contributed by atoms with Crippen LogP contribution in [0.3, 0.4) is 0 Å². The SMILES string of the molecule is Cc1cccc(N2C(=O)Cc3c(C(N)=O)nc(-c4ccc(N=[N+]=[N-])cc4)nc32)c1.Cc1cccc(N=C=O)c1.O=C=O.O=C=O.[C-]#[N+]/C(N)=C(/N)C#N.[N-]=[N+]=Nc1ccc(C=O)cc1. The number of hydrogen-bond acceptors (Lipinski definition) is 16. The quantitative estimate of drug-likeness (QED) is 0.0231. The predicted octanol–water partition coefficient (Wildman–Crippen LogP) is 6.47. The van der Waals surface area contributed by atoms with Gasteiger partial charge in [-0.05, 0) is 60.3 Å². The summed E-state index contributed by atoms with van der Waals surface area (Å²) >= 11 is 0. The van der Waals surface area contributed by atoms with Crippen molar-refractivity contribution in [1.29, 1.82) is 5.26 Å². The normalized spacial score (nSPS) is 10.0. The zero-order valence-corrected chi connectivity index (χ0v) is 33.4. The summed E-state index contributed by atoms with van der Waals surface area (Å²) in [6, 6.07) is 29.3. The van der Waals surface area contributed by atoms with E-state index in [2.05, 4.69) is 39.9 Å². The first-order valence-electron chi connectivity index (χ1n) is 17.2. The first-order valence-corrected chi connectivity index (χ1v) is 17.2. The molecule has 0 atom stereocenters. The molecule has 0 saturated carbocycles. The van der Waals surface area contributed by atoms with Crippen LogP contribution in [0.1, 0.15) is 37.5 Å². The Bertz CT molecular complexity index is 2770. The number of anilines is 2. The van der Waals surface area contributed by atoms with E-state index in [-0.39, 0.29) is 47.7 Å². The highest BCUT2D eigenvalue weighted by atomic mass is 16.2. The molecule has 64 heavy (non-hydrogen) atoms. The number of carbonyl (C=O) groups is 3. The van der Waals surface area contributed by atoms with E-state index in [9.17, 15) is 19.2 Å². The number of fused-ring (bicyclic) bond motifs is 1. The molecular weight excluding hydrogens is 831 g/mol. The summed E-state index contributed by atoms with van der Waals surface area (Å²) in [4.78, 5) is 99.1. The second kappa shape index (κ2) is 28.1. The number of aryl methyl sites for hydroxylation is 2. The fraction of sp³-hybridized carbons (Fsp3) is 0.0732. The highest BCUT2D eigenvalue weighted by Crippen LogP contribution is 2.37. The first kappa shape index (κ1) is 51.7. The summed E-state index contributed by atoms with van der Waals surface area (Å²) in [7, 11) is 0. The third-order valence-electron chi connectivity index (χ3n) is 7.44. The largest absolute Gasteiger partial charge is 0.398 e. The number of benzene rings is 4. The second-order valence-electron chi connectivity index (χ2n) is 11.7. The second-order valence-corrected chi connectivity index (χ2v) is 11.7. The average Bonchev–Trinajstić information content (AvgIpc) is 3.63. The van der Waals surface area contributed by atoms with Crippen LogP contribution in [0.4, 0.5) is 28.6 Å². The van der Waals surface area contributed by atoms with Crippen molar-refractivity contribution in [3.63, 3.8) is 0 Å². The smallest absolute Gasteiger partial charge is 0.373 e. The Morgan fingerprint density at radius 2 is 1.34 bits per heavy atom. The lowest BCUT2D eigenvalue weighted by Crippen LogP contribution is -2.21. The van der Waals surface area contributed by atoms with Crippen LogP contribution in [0.5, 0.6) is 0 Å². The van der Waals surface area contributed by atoms with Gasteiger partial charge < -0.3 is 22.0 Å². The van der Waals surface area contributed by atoms with Crippen molar-refractivity contribution < 1.29 is 38.4 Å². The molecule has 0 saturated heterocycles. The number of nitrogens with two attached hydrogens (primary N) is 3. The van der Waals surface area contributed by atoms with Crippen LogP contribution in [0, 0.1) is 31.8 Å². The van der Waals surface area contributed by atoms with Crippen molar-refractivity contribution in [2.24, 2.45) is 32.4 Å². The Kier molecular flexibility index (Phi) is 22.7. The van der Waals surface area contributed by atoms with Crippen LogP contribution in [-0.4, -0.2) is 46.5 Å². The average molecular weight is 862 g/mol. The molecule has 5 aromatic rings. The molecule has 1 aliphatic rings. The van der Waals surface area contributed by atoms with Gasteiger partial charge in [-0.15, -0.1) is 0 Å². The Labute approximate surface area is 361 Å². The highest BCUT2D eigenvalue weighted by Gasteiger charge is 2.35. The number of allylic oxidation sites excluding steroid dienone is 1. The Hall–Kier alpha value is -10.4. The van der Waals surface area contributed by atoms with Crippen LogP contribution >= 0.6 is 0 Å². The number of nitrogens with zero attached hydrogens (tertiary/aromatic N) is 12. The van der Waals surface area contributed by atoms with Crippen molar-refractivity contribution >= 4 is 65.1 Å². The molecule has 6 rings (SSSR count). The Morgan fingerprint density at radius 1 is 0.812 bits per heavy atom. The molecule has 0 aliphatic carbocycles. The highest BCUT2D eigenvalue weighted by molar-refractivity contribution is 6.09. The molecule has 1 aromatic heterocycles. The molecule has 318 valence electrons. The van der Waals surface area contributed by atoms with E-state index in [1.807, 2.05) is 50.2 Å². The minimum absolute atomic E-state index is 0.00233. The number of hydrogen-bond donors (Lipinski definition) is 3. The lowest BCUT2D eigenvalue weighted by atomic mass is 10.1. The standard InChI is InChI=1S/C20H15N7O2.C8H7NO.C7H5N3O.C4H4N4.2CO2/c1-11-3-2-4-14(9-11)27-16(28)10-15-17(18(21)29)23-19(24-20(15)27)12-5-7-13(8-6-12)25-26-22;1-7-3-2-4-8(5-7)9-6-10;8-10-9-7-3-1-6(5-11)2-4-7;1-8-4(7)3(6)2-5;2*2-1-3/h2-9H,10H2,1H3,(H2,21,29);2-5H,1H3;1-5H;6-7H2;;/b;;;4-3+;;. The lowest BCUT2D eigenvalue weighted by Gasteiger charge is -2.18. The molecule has 6 N–H and O–H groups in total. The Morgan fingerprint density at radius 3 is 1.78 bits per heavy atom. The van der Waals surface area contributed by atoms with Gasteiger partial charge in [0.25, 0.3) is 11.7 Å². The van der Waals surface area contributed by atoms with Gasteiger partial charge in [0.15, 0.2) is 5.82 Å². The van der Waals surface area contributed by atoms with Gasteiger partial charge in [-0.2, -0.15) is 29.4 Å². The van der Waals surface area contributed by atoms with Crippen molar-refractivity contribution in [3.8, 4) is 17.5 Å². The topological polar surface area (TPSA) is 382 Å². The molecule has 2 heterocycles. The molecule has 23 heteroatoms. The molecule has 0 spiro atoms. The van der Waals surface area contributed by atoms with E-state index in [4.69, 9.17) is 59.3 Å². The van der Waals surface area contributed by atoms with Crippen LogP contribution in [0.25, 0.3) is 37.1 Å². The van der Waals surface area contributed by atoms with Crippen molar-refractivity contribution in [2.75, 3.05) is 4.90 Å². The number of azide groups is 2. The number of amides is 2. The zero-order chi connectivity index (χ0) is 48.0. The number of aldehydes is 1. The van der Waals surface area contributed by atoms with Crippen LogP contribution < -0.4 is 22.1 Å². The van der Waals surface area contributed by atoms with E-state index in [1.54, 1.807) is 60.7 Å². The van der Waals surface area contributed by atoms with Crippen LogP contribution in [-0.2, 0) is 35.2 Å². The molecule has 23 nitrogen and oxygen atoms in total. The van der Waals surface area contributed by atoms with E-state index in [0.29, 0.717) is 45.3 Å². The first-order chi connectivity index (χ1) is 30.7. The van der Waals surface area contributed by atoms with Crippen molar-refractivity contribution in [3.05, 3.63) is 169 Å². The van der Waals surface area contributed by atoms with Gasteiger partial charge in [0.2, 0.25) is 12.0 Å². The number of rotatable bonds is 7. The number of aromatic nitrogens is 2. The predicted molar refractivity (Wildman–Crippen MR) is 224 cm³/mol. The number of carbonyl (C=O) groups excluding carboxylic acids is 8. The lowest BCUT2D eigenvalue weighted by molar-refractivity contribution is -0.193. The maximum atomic E-state index is 12.7. The maximum absolute atomic E-state index is 12.7. The third kappa shape index (κ3) is 16.9. The molecule has 4 aromatic carbocycles. The molecule has 1 aliphatic heterocycles. The molecule has 0 radical (unpaired) electrons.